The van der Waals surface area contributed by atoms with Crippen LogP contribution in [0.2, 0.25) is 0 Å². The van der Waals surface area contributed by atoms with E-state index < -0.39 is 28.5 Å². The maximum atomic E-state index is 14.6. The van der Waals surface area contributed by atoms with Gasteiger partial charge in [-0.25, -0.2) is 8.42 Å². The molecule has 0 bridgehead atoms. The number of carbonyl (C=O) groups is 2. The molecule has 3 aromatic rings. The highest BCUT2D eigenvalue weighted by atomic mass is 32.2. The van der Waals surface area contributed by atoms with Gasteiger partial charge in [0, 0.05) is 24.7 Å². The molecule has 2 amide bonds. The summed E-state index contributed by atoms with van der Waals surface area (Å²) < 4.78 is 51.8. The molecule has 0 aliphatic heterocycles. The molecule has 1 fully saturated rings. The predicted molar refractivity (Wildman–Crippen MR) is 180 cm³/mol. The minimum absolute atomic E-state index is 0.0509. The molecule has 3 aromatic carbocycles. The van der Waals surface area contributed by atoms with Crippen molar-refractivity contribution in [1.82, 2.24) is 10.2 Å². The third-order valence-corrected chi connectivity index (χ3v) is 10.3. The Labute approximate surface area is 277 Å². The zero-order valence-corrected chi connectivity index (χ0v) is 28.8. The smallest absolute Gasteiger partial charge is 0.265 e. The predicted octanol–water partition coefficient (Wildman–Crippen LogP) is 5.09. The average Bonchev–Trinajstić information content (AvgIpc) is 3.60. The van der Waals surface area contributed by atoms with Crippen molar-refractivity contribution in [3.05, 3.63) is 71.8 Å². The van der Waals surface area contributed by atoms with Crippen molar-refractivity contribution < 1.29 is 37.0 Å². The molecule has 1 aliphatic rings. The van der Waals surface area contributed by atoms with Gasteiger partial charge in [-0.05, 0) is 61.6 Å². The van der Waals surface area contributed by atoms with Crippen LogP contribution in [0.3, 0.4) is 0 Å². The minimum Gasteiger partial charge on any atom is -0.497 e. The van der Waals surface area contributed by atoms with Gasteiger partial charge in [-0.1, -0.05) is 44.0 Å². The lowest BCUT2D eigenvalue weighted by Gasteiger charge is -2.34. The van der Waals surface area contributed by atoms with E-state index in [1.165, 1.54) is 57.6 Å². The van der Waals surface area contributed by atoms with E-state index in [1.54, 1.807) is 12.1 Å². The fraction of sp³-hybridized carbons (Fsp3) is 0.429. The number of nitrogens with one attached hydrogen (secondary N) is 1. The number of benzene rings is 3. The van der Waals surface area contributed by atoms with Gasteiger partial charge in [0.15, 0.2) is 11.5 Å². The first-order valence-electron chi connectivity index (χ1n) is 15.7. The molecule has 11 nitrogen and oxygen atoms in total. The number of carbonyl (C=O) groups excluding carboxylic acids is 2. The molecule has 4 rings (SSSR count). The Bertz CT molecular complexity index is 1660. The van der Waals surface area contributed by atoms with Gasteiger partial charge in [-0.2, -0.15) is 0 Å². The molecular formula is C35H45N3O8S. The maximum Gasteiger partial charge on any atom is 0.265 e. The van der Waals surface area contributed by atoms with E-state index in [0.29, 0.717) is 17.9 Å². The number of nitrogens with zero attached hydrogens (tertiary/aromatic N) is 2. The Balaban J connectivity index is 1.83. The highest BCUT2D eigenvalue weighted by Gasteiger charge is 2.36. The lowest BCUT2D eigenvalue weighted by atomic mass is 10.1. The van der Waals surface area contributed by atoms with Gasteiger partial charge in [-0.15, -0.1) is 0 Å². The molecule has 0 radical (unpaired) electrons. The zero-order chi connectivity index (χ0) is 34.1. The number of hydrogen-bond donors (Lipinski definition) is 1. The summed E-state index contributed by atoms with van der Waals surface area (Å²) in [5.41, 5.74) is 1.89. The number of aryl methyl sites for hydroxylation is 1. The van der Waals surface area contributed by atoms with E-state index in [-0.39, 0.29) is 40.6 Å². The first-order chi connectivity index (χ1) is 22.6. The number of hydrogen-bond acceptors (Lipinski definition) is 8. The Kier molecular flexibility index (Phi) is 12.0. The van der Waals surface area contributed by atoms with Gasteiger partial charge >= 0.3 is 0 Å². The number of amides is 2. The summed E-state index contributed by atoms with van der Waals surface area (Å²) in [7, 11) is 1.30. The summed E-state index contributed by atoms with van der Waals surface area (Å²) in [4.78, 5) is 29.7. The maximum absolute atomic E-state index is 14.6. The second-order valence-corrected chi connectivity index (χ2v) is 13.3. The van der Waals surface area contributed by atoms with E-state index in [4.69, 9.17) is 18.9 Å². The molecule has 0 aromatic heterocycles. The van der Waals surface area contributed by atoms with Crippen molar-refractivity contribution in [2.24, 2.45) is 0 Å². The first-order valence-corrected chi connectivity index (χ1v) is 17.1. The van der Waals surface area contributed by atoms with Crippen molar-refractivity contribution in [1.29, 1.82) is 0 Å². The Morgan fingerprint density at radius 2 is 1.53 bits per heavy atom. The van der Waals surface area contributed by atoms with Gasteiger partial charge < -0.3 is 29.2 Å². The minimum atomic E-state index is -4.44. The summed E-state index contributed by atoms with van der Waals surface area (Å²) >= 11 is 0. The second kappa shape index (κ2) is 15.9. The lowest BCUT2D eigenvalue weighted by Crippen LogP contribution is -2.53. The Hall–Kier alpha value is -4.45. The number of anilines is 1. The summed E-state index contributed by atoms with van der Waals surface area (Å²) in [6, 6.07) is 15.8. The number of sulfonamides is 1. The molecule has 1 aliphatic carbocycles. The fourth-order valence-electron chi connectivity index (χ4n) is 5.87. The second-order valence-electron chi connectivity index (χ2n) is 11.4. The van der Waals surface area contributed by atoms with Crippen LogP contribution >= 0.6 is 0 Å². The largest absolute Gasteiger partial charge is 0.497 e. The van der Waals surface area contributed by atoms with Crippen LogP contribution in [0.25, 0.3) is 0 Å². The highest BCUT2D eigenvalue weighted by Crippen LogP contribution is 2.38. The van der Waals surface area contributed by atoms with Gasteiger partial charge in [-0.3, -0.25) is 13.9 Å². The van der Waals surface area contributed by atoms with Crippen molar-refractivity contribution in [3.8, 4) is 23.0 Å². The zero-order valence-electron chi connectivity index (χ0n) is 27.9. The summed E-state index contributed by atoms with van der Waals surface area (Å²) in [6.45, 7) is 3.27. The average molecular weight is 668 g/mol. The summed E-state index contributed by atoms with van der Waals surface area (Å²) in [5.74, 6) is 0.300. The van der Waals surface area contributed by atoms with Crippen LogP contribution in [-0.2, 0) is 26.2 Å². The van der Waals surface area contributed by atoms with E-state index >= 15 is 0 Å². The van der Waals surface area contributed by atoms with Crippen molar-refractivity contribution in [3.63, 3.8) is 0 Å². The van der Waals surface area contributed by atoms with Crippen molar-refractivity contribution >= 4 is 27.5 Å². The van der Waals surface area contributed by atoms with Crippen LogP contribution in [0.4, 0.5) is 5.69 Å². The van der Waals surface area contributed by atoms with Gasteiger partial charge in [0.1, 0.15) is 24.1 Å². The molecule has 0 unspecified atom stereocenters. The van der Waals surface area contributed by atoms with Crippen LogP contribution in [0.1, 0.15) is 50.2 Å². The molecule has 47 heavy (non-hydrogen) atoms. The molecular weight excluding hydrogens is 622 g/mol. The first kappa shape index (κ1) is 35.4. The van der Waals surface area contributed by atoms with Crippen LogP contribution in [-0.4, -0.2) is 72.2 Å². The van der Waals surface area contributed by atoms with Crippen LogP contribution in [0.5, 0.6) is 23.0 Å². The normalized spacial score (nSPS) is 13.8. The van der Waals surface area contributed by atoms with E-state index in [2.05, 4.69) is 5.32 Å². The molecule has 0 heterocycles. The molecule has 1 atom stereocenters. The van der Waals surface area contributed by atoms with E-state index in [9.17, 15) is 18.0 Å². The Morgan fingerprint density at radius 1 is 0.872 bits per heavy atom. The van der Waals surface area contributed by atoms with Gasteiger partial charge in [0.05, 0.1) is 39.0 Å². The summed E-state index contributed by atoms with van der Waals surface area (Å²) in [6.07, 6.45) is 4.20. The Morgan fingerprint density at radius 3 is 2.15 bits per heavy atom. The van der Waals surface area contributed by atoms with Crippen molar-refractivity contribution in [2.45, 2.75) is 69.5 Å². The number of methoxy groups -OCH3 is 4. The topological polar surface area (TPSA) is 124 Å². The molecule has 1 saturated carbocycles. The monoisotopic (exact) mass is 667 g/mol. The van der Waals surface area contributed by atoms with Crippen LogP contribution < -0.4 is 28.6 Å². The van der Waals surface area contributed by atoms with Gasteiger partial charge in [0.2, 0.25) is 11.8 Å². The fourth-order valence-corrected chi connectivity index (χ4v) is 7.30. The molecule has 12 heteroatoms. The molecule has 1 N–H and O–H groups in total. The van der Waals surface area contributed by atoms with Gasteiger partial charge in [0.25, 0.3) is 10.0 Å². The summed E-state index contributed by atoms with van der Waals surface area (Å²) in [5, 5.41) is 3.14. The third kappa shape index (κ3) is 8.10. The van der Waals surface area contributed by atoms with Crippen LogP contribution in [0, 0.1) is 6.92 Å². The molecule has 0 saturated heterocycles. The van der Waals surface area contributed by atoms with E-state index in [1.807, 2.05) is 38.1 Å². The highest BCUT2D eigenvalue weighted by molar-refractivity contribution is 7.92. The lowest BCUT2D eigenvalue weighted by molar-refractivity contribution is -0.140. The molecule has 0 spiro atoms. The SMILES string of the molecule is CC[C@H](C(=O)NC1CCCC1)N(Cc1ccccc1C)C(=O)CN(c1cc(OC)ccc1OC)S(=O)(=O)c1ccc(OC)c(OC)c1. The third-order valence-electron chi connectivity index (χ3n) is 8.57. The quantitative estimate of drug-likeness (QED) is 0.238. The molecule has 254 valence electrons. The number of ether oxygens (including phenoxy) is 4. The standard InChI is InChI=1S/C35H45N3O8S/c1-7-29(35(40)36-26-14-10-11-15-26)37(22-25-13-9-8-12-24(25)2)34(39)23-38(30-20-27(43-3)16-18-31(30)44-4)47(41,42)28-17-19-32(45-5)33(21-28)46-6/h8-9,12-13,16-21,26,29H,7,10-11,14-15,22-23H2,1-6H3,(H,36,40)/t29-/m1/s1. The van der Waals surface area contributed by atoms with Crippen molar-refractivity contribution in [2.75, 3.05) is 39.3 Å². The number of rotatable bonds is 15. The van der Waals surface area contributed by atoms with E-state index in [0.717, 1.165) is 41.1 Å². The van der Waals surface area contributed by atoms with Crippen LogP contribution in [0.15, 0.2) is 65.6 Å².